The Morgan fingerprint density at radius 2 is 1.00 bits per heavy atom. The van der Waals surface area contributed by atoms with Crippen LogP contribution < -0.4 is 19.5 Å². The van der Waals surface area contributed by atoms with Gasteiger partial charge in [0.2, 0.25) is 0 Å². The molecule has 5 N–H and O–H groups in total. The summed E-state index contributed by atoms with van der Waals surface area (Å²) in [7, 11) is 0. The summed E-state index contributed by atoms with van der Waals surface area (Å²) in [5.74, 6) is -1.33. The van der Waals surface area contributed by atoms with Gasteiger partial charge in [0.1, 0.15) is 46.2 Å². The first-order chi connectivity index (χ1) is 20.8. The van der Waals surface area contributed by atoms with Gasteiger partial charge in [0.05, 0.1) is 36.5 Å². The molecule has 230 valence electrons. The van der Waals surface area contributed by atoms with Crippen molar-refractivity contribution in [3.8, 4) is 34.5 Å². The van der Waals surface area contributed by atoms with Gasteiger partial charge in [0.15, 0.2) is 0 Å². The quantitative estimate of drug-likeness (QED) is 0.137. The third kappa shape index (κ3) is 7.90. The second kappa shape index (κ2) is 14.6. The monoisotopic (exact) mass is 591 g/mol. The fourth-order valence-electron chi connectivity index (χ4n) is 4.37. The topological polar surface area (TPSA) is 145 Å². The third-order valence-corrected chi connectivity index (χ3v) is 6.85. The number of nitrogens with zero attached hydrogens (tertiary/aromatic N) is 2. The summed E-state index contributed by atoms with van der Waals surface area (Å²) in [5.41, 5.74) is 0.503. The number of rotatable bonds is 15. The molecule has 0 aromatic heterocycles. The zero-order chi connectivity index (χ0) is 30.8. The average Bonchev–Trinajstić information content (AvgIpc) is 2.97. The number of hydrogen-bond donors (Lipinski definition) is 5. The Hall–Kier alpha value is -4.44. The van der Waals surface area contributed by atoms with Crippen LogP contribution >= 0.6 is 0 Å². The molecular weight excluding hydrogens is 550 g/mol. The molecule has 3 aromatic rings. The Morgan fingerprint density at radius 1 is 0.605 bits per heavy atom. The van der Waals surface area contributed by atoms with Gasteiger partial charge >= 0.3 is 0 Å². The Morgan fingerprint density at radius 3 is 1.37 bits per heavy atom. The molecule has 3 aromatic carbocycles. The Balaban J connectivity index is 1.74. The molecule has 0 unspecified atom stereocenters. The van der Waals surface area contributed by atoms with Crippen molar-refractivity contribution in [1.82, 2.24) is 5.32 Å². The molecule has 0 aliphatic carbocycles. The minimum atomic E-state index is -2.31. The van der Waals surface area contributed by atoms with E-state index in [1.807, 2.05) is 0 Å². The second-order valence-corrected chi connectivity index (χ2v) is 10.3. The number of aliphatic imine (C=N–C) groups is 2. The molecule has 0 fully saturated rings. The first-order valence-electron chi connectivity index (χ1n) is 14.9. The molecule has 1 heterocycles. The van der Waals surface area contributed by atoms with Crippen molar-refractivity contribution >= 4 is 11.7 Å². The van der Waals surface area contributed by atoms with Gasteiger partial charge in [0.25, 0.3) is 5.85 Å². The van der Waals surface area contributed by atoms with Crippen LogP contribution in [0.5, 0.6) is 34.5 Å². The number of phenolic OH excluding ortho intramolecular Hbond substituents is 3. The van der Waals surface area contributed by atoms with Crippen LogP contribution in [-0.4, -0.2) is 51.9 Å². The smallest absolute Gasteiger partial charge is 0.289 e. The van der Waals surface area contributed by atoms with Crippen molar-refractivity contribution in [3.63, 3.8) is 0 Å². The summed E-state index contributed by atoms with van der Waals surface area (Å²) in [5, 5.41) is 47.7. The molecule has 4 rings (SSSR count). The lowest BCUT2D eigenvalue weighted by Crippen LogP contribution is -2.42. The highest BCUT2D eigenvalue weighted by atomic mass is 16.5. The summed E-state index contributed by atoms with van der Waals surface area (Å²) in [6.07, 6.45) is 5.52. The molecule has 0 radical (unpaired) electrons. The molecule has 0 amide bonds. The molecule has 0 spiro atoms. The molecule has 10 heteroatoms. The van der Waals surface area contributed by atoms with Crippen molar-refractivity contribution < 1.29 is 34.6 Å². The lowest BCUT2D eigenvalue weighted by atomic mass is 10.1. The van der Waals surface area contributed by atoms with Crippen LogP contribution in [0.15, 0.2) is 64.6 Å². The molecule has 43 heavy (non-hydrogen) atoms. The van der Waals surface area contributed by atoms with E-state index in [1.165, 1.54) is 24.3 Å². The number of aliphatic hydroxyl groups is 1. The first-order valence-corrected chi connectivity index (χ1v) is 14.9. The van der Waals surface area contributed by atoms with Gasteiger partial charge in [-0.1, -0.05) is 40.0 Å². The SMILES string of the molecule is CCCCOc1ccc(C2=NC(O)(c3ccc(OCCCC)cc3O)N=C(c3ccc(OCCCC)cc3O)N2)c(O)c1. The van der Waals surface area contributed by atoms with E-state index in [0.29, 0.717) is 37.1 Å². The maximum atomic E-state index is 11.8. The highest BCUT2D eigenvalue weighted by molar-refractivity contribution is 6.17. The van der Waals surface area contributed by atoms with E-state index >= 15 is 0 Å². The molecule has 10 nitrogen and oxygen atoms in total. The lowest BCUT2D eigenvalue weighted by molar-refractivity contribution is 0.0520. The van der Waals surface area contributed by atoms with Crippen LogP contribution in [0.4, 0.5) is 0 Å². The minimum absolute atomic E-state index is 0.00939. The third-order valence-electron chi connectivity index (χ3n) is 6.85. The van der Waals surface area contributed by atoms with E-state index in [4.69, 9.17) is 14.2 Å². The summed E-state index contributed by atoms with van der Waals surface area (Å²) in [6, 6.07) is 14.1. The number of hydrogen-bond acceptors (Lipinski definition) is 10. The van der Waals surface area contributed by atoms with E-state index in [1.54, 1.807) is 30.3 Å². The number of unbranched alkanes of at least 4 members (excludes halogenated alkanes) is 3. The van der Waals surface area contributed by atoms with Gasteiger partial charge in [-0.15, -0.1) is 0 Å². The largest absolute Gasteiger partial charge is 0.507 e. The van der Waals surface area contributed by atoms with Crippen LogP contribution in [0, 0.1) is 0 Å². The van der Waals surface area contributed by atoms with Gasteiger partial charge in [-0.2, -0.15) is 0 Å². The fraction of sp³-hybridized carbons (Fsp3) is 0.394. The number of benzene rings is 3. The fourth-order valence-corrected chi connectivity index (χ4v) is 4.37. The Labute approximate surface area is 252 Å². The Kier molecular flexibility index (Phi) is 10.7. The zero-order valence-corrected chi connectivity index (χ0v) is 25.0. The van der Waals surface area contributed by atoms with Crippen molar-refractivity contribution in [2.45, 2.75) is 65.1 Å². The molecule has 1 aliphatic rings. The number of aromatic hydroxyl groups is 3. The number of ether oxygens (including phenoxy) is 3. The maximum absolute atomic E-state index is 11.8. The second-order valence-electron chi connectivity index (χ2n) is 10.3. The number of nitrogens with one attached hydrogen (secondary N) is 1. The van der Waals surface area contributed by atoms with E-state index in [-0.39, 0.29) is 45.6 Å². The highest BCUT2D eigenvalue weighted by Gasteiger charge is 2.37. The van der Waals surface area contributed by atoms with E-state index in [0.717, 1.165) is 38.5 Å². The van der Waals surface area contributed by atoms with Crippen molar-refractivity contribution in [2.75, 3.05) is 19.8 Å². The zero-order valence-electron chi connectivity index (χ0n) is 25.0. The van der Waals surface area contributed by atoms with Crippen LogP contribution in [0.25, 0.3) is 0 Å². The van der Waals surface area contributed by atoms with E-state index in [9.17, 15) is 20.4 Å². The molecule has 0 atom stereocenters. The van der Waals surface area contributed by atoms with Gasteiger partial charge in [0, 0.05) is 18.2 Å². The normalized spacial score (nSPS) is 14.0. The van der Waals surface area contributed by atoms with E-state index < -0.39 is 5.85 Å². The molecule has 0 saturated carbocycles. The summed E-state index contributed by atoms with van der Waals surface area (Å²) in [6.45, 7) is 7.69. The molecule has 0 bridgehead atoms. The Bertz CT molecular complexity index is 1380. The van der Waals surface area contributed by atoms with Crippen LogP contribution in [0.2, 0.25) is 0 Å². The number of amidine groups is 2. The minimum Gasteiger partial charge on any atom is -0.507 e. The molecule has 0 saturated heterocycles. The highest BCUT2D eigenvalue weighted by Crippen LogP contribution is 2.38. The van der Waals surface area contributed by atoms with Crippen molar-refractivity contribution in [1.29, 1.82) is 0 Å². The van der Waals surface area contributed by atoms with E-state index in [2.05, 4.69) is 36.1 Å². The van der Waals surface area contributed by atoms with Gasteiger partial charge < -0.3 is 40.0 Å². The van der Waals surface area contributed by atoms with Crippen LogP contribution in [-0.2, 0) is 5.85 Å². The van der Waals surface area contributed by atoms with Crippen molar-refractivity contribution in [3.05, 3.63) is 71.3 Å². The first kappa shape index (κ1) is 31.5. The van der Waals surface area contributed by atoms with Crippen molar-refractivity contribution in [2.24, 2.45) is 9.98 Å². The summed E-state index contributed by atoms with van der Waals surface area (Å²) < 4.78 is 17.1. The average molecular weight is 592 g/mol. The van der Waals surface area contributed by atoms with Crippen LogP contribution in [0.1, 0.15) is 76.0 Å². The molecule has 1 aliphatic heterocycles. The standard InChI is InChI=1S/C33H41N3O7/c1-4-7-16-41-22-10-13-25(28(37)19-22)31-34-32(26-14-11-23(20-29(26)38)42-17-8-5-2)36-33(40,35-31)27-15-12-24(21-30(27)39)43-18-9-6-3/h10-15,19-21,37-40H,4-9,16-18H2,1-3H3,(H,34,35,36). The maximum Gasteiger partial charge on any atom is 0.289 e. The number of phenols is 3. The van der Waals surface area contributed by atoms with Gasteiger partial charge in [-0.3, -0.25) is 0 Å². The van der Waals surface area contributed by atoms with Gasteiger partial charge in [-0.05, 0) is 55.7 Å². The van der Waals surface area contributed by atoms with Crippen LogP contribution in [0.3, 0.4) is 0 Å². The van der Waals surface area contributed by atoms with Gasteiger partial charge in [-0.25, -0.2) is 9.98 Å². The predicted molar refractivity (Wildman–Crippen MR) is 166 cm³/mol. The lowest BCUT2D eigenvalue weighted by Gasteiger charge is -2.29. The summed E-state index contributed by atoms with van der Waals surface area (Å²) in [4.78, 5) is 8.85. The predicted octanol–water partition coefficient (Wildman–Crippen LogP) is 5.94. The molecular formula is C33H41N3O7. The summed E-state index contributed by atoms with van der Waals surface area (Å²) >= 11 is 0.